The van der Waals surface area contributed by atoms with Crippen LogP contribution >= 0.6 is 11.6 Å². The first-order valence-corrected chi connectivity index (χ1v) is 9.25. The molecule has 0 aromatic heterocycles. The molecule has 2 aromatic rings. The van der Waals surface area contributed by atoms with Crippen LogP contribution in [-0.4, -0.2) is 17.4 Å². The minimum Gasteiger partial charge on any atom is -0.380 e. The third-order valence-corrected chi connectivity index (χ3v) is 5.59. The van der Waals surface area contributed by atoms with Crippen LogP contribution in [0.1, 0.15) is 43.7 Å². The normalized spacial score (nSPS) is 21.1. The van der Waals surface area contributed by atoms with Crippen LogP contribution in [-0.2, 0) is 16.0 Å². The highest BCUT2D eigenvalue weighted by atomic mass is 35.5. The van der Waals surface area contributed by atoms with Gasteiger partial charge in [-0.2, -0.15) is 0 Å². The van der Waals surface area contributed by atoms with Crippen molar-refractivity contribution in [2.45, 2.75) is 44.6 Å². The van der Waals surface area contributed by atoms with Gasteiger partial charge in [0, 0.05) is 23.2 Å². The molecule has 1 atom stereocenters. The molecule has 2 amide bonds. The highest BCUT2D eigenvalue weighted by Gasteiger charge is 2.31. The number of halogens is 1. The lowest BCUT2D eigenvalue weighted by atomic mass is 9.88. The Balaban J connectivity index is 1.71. The van der Waals surface area contributed by atoms with E-state index in [2.05, 4.69) is 42.7 Å². The molecule has 1 saturated heterocycles. The van der Waals surface area contributed by atoms with Gasteiger partial charge < -0.3 is 5.32 Å². The zero-order chi connectivity index (χ0) is 18.5. The number of piperidine rings is 1. The minimum absolute atomic E-state index is 0.0549. The summed E-state index contributed by atoms with van der Waals surface area (Å²) in [7, 11) is 0. The highest BCUT2D eigenvalue weighted by Crippen LogP contribution is 2.40. The fourth-order valence-electron chi connectivity index (χ4n) is 3.95. The van der Waals surface area contributed by atoms with Crippen molar-refractivity contribution in [3.8, 4) is 11.1 Å². The smallest absolute Gasteiger partial charge is 0.234 e. The molecule has 5 heteroatoms. The van der Waals surface area contributed by atoms with Crippen LogP contribution in [0.4, 0.5) is 5.69 Å². The zero-order valence-electron chi connectivity index (χ0n) is 14.9. The van der Waals surface area contributed by atoms with Crippen molar-refractivity contribution >= 4 is 29.1 Å². The van der Waals surface area contributed by atoms with Crippen molar-refractivity contribution in [2.24, 2.45) is 0 Å². The number of fused-ring (bicyclic) bond motifs is 1. The van der Waals surface area contributed by atoms with Crippen LogP contribution < -0.4 is 10.6 Å². The molecule has 134 valence electrons. The maximum atomic E-state index is 12.2. The van der Waals surface area contributed by atoms with Crippen molar-refractivity contribution in [1.82, 2.24) is 5.32 Å². The number of amides is 2. The van der Waals surface area contributed by atoms with Crippen LogP contribution in [0.5, 0.6) is 0 Å². The lowest BCUT2D eigenvalue weighted by Crippen LogP contribution is -2.39. The van der Waals surface area contributed by atoms with Gasteiger partial charge in [-0.3, -0.25) is 14.9 Å². The van der Waals surface area contributed by atoms with Gasteiger partial charge in [-0.15, -0.1) is 0 Å². The summed E-state index contributed by atoms with van der Waals surface area (Å²) in [6.45, 7) is 4.37. The number of rotatable bonds is 2. The molecule has 1 fully saturated rings. The summed E-state index contributed by atoms with van der Waals surface area (Å²) in [4.78, 5) is 23.6. The number of nitrogens with one attached hydrogen (secondary N) is 2. The maximum Gasteiger partial charge on any atom is 0.234 e. The molecule has 0 saturated carbocycles. The molecular weight excluding hydrogens is 348 g/mol. The Morgan fingerprint density at radius 1 is 1.15 bits per heavy atom. The lowest BCUT2D eigenvalue weighted by Gasteiger charge is -2.23. The van der Waals surface area contributed by atoms with Gasteiger partial charge in [0.05, 0.1) is 10.9 Å². The van der Waals surface area contributed by atoms with Gasteiger partial charge in [-0.25, -0.2) is 0 Å². The quantitative estimate of drug-likeness (QED) is 0.778. The van der Waals surface area contributed by atoms with E-state index in [0.717, 1.165) is 28.8 Å². The van der Waals surface area contributed by atoms with E-state index in [1.165, 1.54) is 5.56 Å². The number of carbonyl (C=O) groups is 2. The molecule has 2 aliphatic heterocycles. The predicted molar refractivity (Wildman–Crippen MR) is 103 cm³/mol. The molecule has 2 heterocycles. The molecule has 2 aliphatic rings. The Bertz CT molecular complexity index is 920. The average Bonchev–Trinajstić information content (AvgIpc) is 2.88. The lowest BCUT2D eigenvalue weighted by molar-refractivity contribution is -0.134. The molecule has 1 unspecified atom stereocenters. The Kier molecular flexibility index (Phi) is 4.03. The third-order valence-electron chi connectivity index (χ3n) is 5.16. The number of hydrogen-bond acceptors (Lipinski definition) is 3. The maximum absolute atomic E-state index is 12.2. The predicted octanol–water partition coefficient (Wildman–Crippen LogP) is 4.27. The van der Waals surface area contributed by atoms with Crippen LogP contribution in [0.2, 0.25) is 5.02 Å². The Morgan fingerprint density at radius 2 is 1.96 bits per heavy atom. The zero-order valence-corrected chi connectivity index (χ0v) is 15.6. The van der Waals surface area contributed by atoms with Gasteiger partial charge in [-0.05, 0) is 55.5 Å². The van der Waals surface area contributed by atoms with Gasteiger partial charge in [0.15, 0.2) is 0 Å². The van der Waals surface area contributed by atoms with Gasteiger partial charge in [-0.1, -0.05) is 35.9 Å². The van der Waals surface area contributed by atoms with Crippen LogP contribution in [0, 0.1) is 0 Å². The third kappa shape index (κ3) is 2.99. The van der Waals surface area contributed by atoms with E-state index < -0.39 is 0 Å². The van der Waals surface area contributed by atoms with Crippen molar-refractivity contribution in [2.75, 3.05) is 5.32 Å². The summed E-state index contributed by atoms with van der Waals surface area (Å²) in [5.41, 5.74) is 5.24. The molecular formula is C21H21ClN2O2. The molecule has 0 bridgehead atoms. The number of benzene rings is 2. The van der Waals surface area contributed by atoms with E-state index in [1.54, 1.807) is 0 Å². The van der Waals surface area contributed by atoms with Crippen molar-refractivity contribution < 1.29 is 9.59 Å². The molecule has 0 spiro atoms. The summed E-state index contributed by atoms with van der Waals surface area (Å²) in [5.74, 6) is -0.859. The van der Waals surface area contributed by atoms with Gasteiger partial charge >= 0.3 is 0 Å². The second-order valence-corrected chi connectivity index (χ2v) is 8.15. The molecule has 4 rings (SSSR count). The SMILES string of the molecule is CC1(C)Cc2cc(-c3cccc(C4CCC(=O)NC4=O)c3Cl)ccc2N1. The van der Waals surface area contributed by atoms with E-state index in [-0.39, 0.29) is 23.3 Å². The Labute approximate surface area is 157 Å². The topological polar surface area (TPSA) is 58.2 Å². The first-order valence-electron chi connectivity index (χ1n) is 8.88. The van der Waals surface area contributed by atoms with E-state index in [1.807, 2.05) is 18.2 Å². The number of carbonyl (C=O) groups excluding carboxylic acids is 2. The number of hydrogen-bond donors (Lipinski definition) is 2. The Morgan fingerprint density at radius 3 is 2.73 bits per heavy atom. The van der Waals surface area contributed by atoms with Crippen molar-refractivity contribution in [3.63, 3.8) is 0 Å². The monoisotopic (exact) mass is 368 g/mol. The highest BCUT2D eigenvalue weighted by molar-refractivity contribution is 6.34. The molecule has 0 radical (unpaired) electrons. The number of anilines is 1. The molecule has 2 aromatic carbocycles. The molecule has 0 aliphatic carbocycles. The fourth-order valence-corrected chi connectivity index (χ4v) is 4.31. The first kappa shape index (κ1) is 17.1. The molecule has 26 heavy (non-hydrogen) atoms. The fraction of sp³-hybridized carbons (Fsp3) is 0.333. The summed E-state index contributed by atoms with van der Waals surface area (Å²) >= 11 is 6.70. The van der Waals surface area contributed by atoms with Crippen LogP contribution in [0.15, 0.2) is 36.4 Å². The Hall–Kier alpha value is -2.33. The van der Waals surface area contributed by atoms with Crippen molar-refractivity contribution in [1.29, 1.82) is 0 Å². The average molecular weight is 369 g/mol. The standard InChI is InChI=1S/C21H21ClN2O2/c1-21(2)11-13-10-12(6-8-17(13)24-21)14-4-3-5-15(19(14)22)16-7-9-18(25)23-20(16)26/h3-6,8,10,16,24H,7,9,11H2,1-2H3,(H,23,25,26). The van der Waals surface area contributed by atoms with Gasteiger partial charge in [0.25, 0.3) is 0 Å². The van der Waals surface area contributed by atoms with E-state index in [0.29, 0.717) is 17.9 Å². The van der Waals surface area contributed by atoms with Gasteiger partial charge in [0.1, 0.15) is 0 Å². The summed E-state index contributed by atoms with van der Waals surface area (Å²) in [6.07, 6.45) is 1.80. The molecule has 4 nitrogen and oxygen atoms in total. The van der Waals surface area contributed by atoms with Gasteiger partial charge in [0.2, 0.25) is 11.8 Å². The van der Waals surface area contributed by atoms with E-state index in [4.69, 9.17) is 11.6 Å². The first-order chi connectivity index (χ1) is 12.3. The molecule has 2 N–H and O–H groups in total. The van der Waals surface area contributed by atoms with Crippen LogP contribution in [0.25, 0.3) is 11.1 Å². The van der Waals surface area contributed by atoms with E-state index >= 15 is 0 Å². The largest absolute Gasteiger partial charge is 0.380 e. The van der Waals surface area contributed by atoms with Crippen molar-refractivity contribution in [3.05, 3.63) is 52.5 Å². The van der Waals surface area contributed by atoms with E-state index in [9.17, 15) is 9.59 Å². The summed E-state index contributed by atoms with van der Waals surface area (Å²) in [6, 6.07) is 12.1. The minimum atomic E-state index is -0.379. The second-order valence-electron chi connectivity index (χ2n) is 7.77. The number of imide groups is 1. The second kappa shape index (κ2) is 6.13. The summed E-state index contributed by atoms with van der Waals surface area (Å²) in [5, 5.41) is 6.52. The van der Waals surface area contributed by atoms with Crippen LogP contribution in [0.3, 0.4) is 0 Å². The summed E-state index contributed by atoms with van der Waals surface area (Å²) < 4.78 is 0.